The van der Waals surface area contributed by atoms with E-state index in [0.29, 0.717) is 11.7 Å². The number of pyridine rings is 2. The Morgan fingerprint density at radius 3 is 1.76 bits per heavy atom. The number of nitrogens with zero attached hydrogens (tertiary/aromatic N) is 4. The molecule has 0 spiro atoms. The highest BCUT2D eigenvalue weighted by molar-refractivity contribution is 6.34. The number of rotatable bonds is 4. The van der Waals surface area contributed by atoms with Gasteiger partial charge in [0, 0.05) is 41.7 Å². The highest BCUT2D eigenvalue weighted by atomic mass is 35.5. The summed E-state index contributed by atoms with van der Waals surface area (Å²) in [6.07, 6.45) is 0. The maximum Gasteiger partial charge on any atom is 0.248 e. The van der Waals surface area contributed by atoms with Crippen LogP contribution in [0.25, 0.3) is 32.7 Å². The van der Waals surface area contributed by atoms with Crippen LogP contribution in [0.3, 0.4) is 0 Å². The Morgan fingerprint density at radius 1 is 0.648 bits per heavy atom. The van der Waals surface area contributed by atoms with Crippen molar-refractivity contribution in [2.45, 2.75) is 12.1 Å². The van der Waals surface area contributed by atoms with Gasteiger partial charge in [-0.2, -0.15) is 5.10 Å². The van der Waals surface area contributed by atoms with E-state index in [1.807, 2.05) is 83.5 Å². The highest BCUT2D eigenvalue weighted by Crippen LogP contribution is 2.43. The molecule has 2 aliphatic rings. The molecule has 1 saturated heterocycles. The van der Waals surface area contributed by atoms with Crippen molar-refractivity contribution in [3.05, 3.63) is 193 Å². The number of fused-ring (bicyclic) bond motifs is 4. The first-order chi connectivity index (χ1) is 26.5. The molecule has 0 aliphatic carbocycles. The molecule has 0 bridgehead atoms. The first-order valence-electron chi connectivity index (χ1n) is 17.9. The minimum Gasteiger partial charge on any atom is -0.378 e. The van der Waals surface area contributed by atoms with Crippen molar-refractivity contribution in [1.82, 2.24) is 24.6 Å². The predicted octanol–water partition coefficient (Wildman–Crippen LogP) is 7.49. The average Bonchev–Trinajstić information content (AvgIpc) is 3.78. The molecule has 54 heavy (non-hydrogen) atoms. The lowest BCUT2D eigenvalue weighted by atomic mass is 9.77. The third-order valence-corrected chi connectivity index (χ3v) is 10.5. The fourth-order valence-electron chi connectivity index (χ4n) is 7.76. The van der Waals surface area contributed by atoms with Gasteiger partial charge in [0.05, 0.1) is 30.8 Å². The second-order valence-electron chi connectivity index (χ2n) is 13.4. The fourth-order valence-corrected chi connectivity index (χ4v) is 7.99. The molecular formula is C44H35ClN6O3. The molecule has 1 fully saturated rings. The SMILES string of the molecule is O=c1ccc2cc3c(Cl)nn(C(c4ccccc4)(c4ccccc4)c4ccccc4)c3cc2[nH]1.O=c1ccc2cc3c(cc2[nH]1)CN=C3N1CCOCC1. The van der Waals surface area contributed by atoms with Gasteiger partial charge in [0.2, 0.25) is 11.1 Å². The number of hydrogen-bond acceptors (Lipinski definition) is 6. The minimum atomic E-state index is -0.794. The average molecular weight is 731 g/mol. The van der Waals surface area contributed by atoms with E-state index in [1.165, 1.54) is 17.2 Å². The number of H-pyrrole nitrogens is 2. The van der Waals surface area contributed by atoms with E-state index in [9.17, 15) is 9.59 Å². The first kappa shape index (κ1) is 33.5. The van der Waals surface area contributed by atoms with Crippen LogP contribution in [0.4, 0.5) is 0 Å². The molecule has 0 unspecified atom stereocenters. The Kier molecular flexibility index (Phi) is 8.65. The van der Waals surface area contributed by atoms with E-state index in [2.05, 4.69) is 62.3 Å². The molecule has 0 atom stereocenters. The number of ether oxygens (including phenoxy) is 1. The highest BCUT2D eigenvalue weighted by Gasteiger charge is 2.41. The normalized spacial score (nSPS) is 14.2. The van der Waals surface area contributed by atoms with Gasteiger partial charge >= 0.3 is 0 Å². The Balaban J connectivity index is 0.000000163. The smallest absolute Gasteiger partial charge is 0.248 e. The summed E-state index contributed by atoms with van der Waals surface area (Å²) >= 11 is 6.77. The van der Waals surface area contributed by atoms with E-state index in [0.717, 1.165) is 81.5 Å². The Bertz CT molecular complexity index is 2690. The standard InChI is InChI=1S/C29H20ClN3O.C15H15N3O2/c30-28-24-18-20-16-17-27(34)31-25(20)19-26(24)33(32-28)29(21-10-4-1-5-11-21,22-12-6-2-7-13-22)23-14-8-3-9-15-23;19-14-2-1-10-7-12-11(8-13(10)17-14)9-16-15(12)18-3-5-20-6-4-18/h1-19H,(H,31,34);1-2,7-8H,3-6,9H2,(H,17,19). The topological polar surface area (TPSA) is 108 Å². The van der Waals surface area contributed by atoms with Crippen molar-refractivity contribution in [2.75, 3.05) is 26.3 Å². The van der Waals surface area contributed by atoms with Gasteiger partial charge < -0.3 is 19.6 Å². The van der Waals surface area contributed by atoms with Crippen LogP contribution in [0.5, 0.6) is 0 Å². The molecule has 10 rings (SSSR count). The van der Waals surface area contributed by atoms with E-state index in [-0.39, 0.29) is 11.1 Å². The molecule has 9 nitrogen and oxygen atoms in total. The maximum absolute atomic E-state index is 12.1. The zero-order chi connectivity index (χ0) is 36.6. The second kappa shape index (κ2) is 13.9. The Hall–Kier alpha value is -6.29. The van der Waals surface area contributed by atoms with Gasteiger partial charge in [0.1, 0.15) is 11.4 Å². The lowest BCUT2D eigenvalue weighted by molar-refractivity contribution is 0.0683. The predicted molar refractivity (Wildman–Crippen MR) is 215 cm³/mol. The zero-order valence-corrected chi connectivity index (χ0v) is 30.0. The molecule has 5 heterocycles. The number of halogens is 1. The lowest BCUT2D eigenvalue weighted by Gasteiger charge is -2.37. The summed E-state index contributed by atoms with van der Waals surface area (Å²) in [5.74, 6) is 1.07. The summed E-state index contributed by atoms with van der Waals surface area (Å²) in [4.78, 5) is 36.2. The molecule has 8 aromatic rings. The Morgan fingerprint density at radius 2 is 1.19 bits per heavy atom. The van der Waals surface area contributed by atoms with Crippen molar-refractivity contribution < 1.29 is 4.74 Å². The van der Waals surface area contributed by atoms with E-state index in [1.54, 1.807) is 12.1 Å². The van der Waals surface area contributed by atoms with Crippen molar-refractivity contribution in [1.29, 1.82) is 0 Å². The number of hydrogen-bond donors (Lipinski definition) is 2. The number of aromatic nitrogens is 4. The first-order valence-corrected chi connectivity index (χ1v) is 18.3. The zero-order valence-electron chi connectivity index (χ0n) is 29.2. The van der Waals surface area contributed by atoms with Crippen LogP contribution in [0, 0.1) is 0 Å². The molecule has 0 amide bonds. The fraction of sp³-hybridized carbons (Fsp3) is 0.136. The van der Waals surface area contributed by atoms with Gasteiger partial charge in [-0.1, -0.05) is 103 Å². The van der Waals surface area contributed by atoms with Crippen molar-refractivity contribution in [3.8, 4) is 0 Å². The minimum absolute atomic E-state index is 0.0650. The van der Waals surface area contributed by atoms with Gasteiger partial charge in [-0.3, -0.25) is 14.6 Å². The molecule has 0 radical (unpaired) electrons. The van der Waals surface area contributed by atoms with Gasteiger partial charge in [-0.05, 0) is 69.4 Å². The van der Waals surface area contributed by atoms with E-state index < -0.39 is 5.54 Å². The number of aromatic amines is 2. The number of nitrogens with one attached hydrogen (secondary N) is 2. The number of amidine groups is 1. The summed E-state index contributed by atoms with van der Waals surface area (Å²) in [5, 5.41) is 8.12. The quantitative estimate of drug-likeness (QED) is 0.183. The van der Waals surface area contributed by atoms with Crippen molar-refractivity contribution >= 4 is 50.1 Å². The van der Waals surface area contributed by atoms with Gasteiger partial charge in [-0.15, -0.1) is 0 Å². The summed E-state index contributed by atoms with van der Waals surface area (Å²) in [6.45, 7) is 3.99. The summed E-state index contributed by atoms with van der Waals surface area (Å²) in [5.41, 5.74) is 6.96. The molecule has 266 valence electrons. The maximum atomic E-state index is 12.1. The summed E-state index contributed by atoms with van der Waals surface area (Å²) in [6, 6.07) is 45.8. The molecule has 3 aromatic heterocycles. The molecule has 2 N–H and O–H groups in total. The van der Waals surface area contributed by atoms with Crippen LogP contribution in [0.15, 0.2) is 154 Å². The van der Waals surface area contributed by atoms with Crippen LogP contribution in [-0.4, -0.2) is 56.8 Å². The number of morpholine rings is 1. The van der Waals surface area contributed by atoms with Gasteiger partial charge in [0.15, 0.2) is 5.15 Å². The van der Waals surface area contributed by atoms with Crippen molar-refractivity contribution in [2.24, 2.45) is 4.99 Å². The van der Waals surface area contributed by atoms with E-state index >= 15 is 0 Å². The largest absolute Gasteiger partial charge is 0.378 e. The van der Waals surface area contributed by atoms with Crippen LogP contribution < -0.4 is 11.1 Å². The van der Waals surface area contributed by atoms with Gasteiger partial charge in [-0.25, -0.2) is 4.68 Å². The van der Waals surface area contributed by atoms with Crippen LogP contribution in [0.1, 0.15) is 27.8 Å². The summed E-state index contributed by atoms with van der Waals surface area (Å²) < 4.78 is 7.39. The molecule has 0 saturated carbocycles. The van der Waals surface area contributed by atoms with Crippen LogP contribution >= 0.6 is 11.6 Å². The second-order valence-corrected chi connectivity index (χ2v) is 13.8. The monoisotopic (exact) mass is 730 g/mol. The van der Waals surface area contributed by atoms with Crippen LogP contribution in [-0.2, 0) is 16.8 Å². The lowest BCUT2D eigenvalue weighted by Crippen LogP contribution is -2.40. The third kappa shape index (κ3) is 5.88. The third-order valence-electron chi connectivity index (χ3n) is 10.3. The van der Waals surface area contributed by atoms with Crippen LogP contribution in [0.2, 0.25) is 5.15 Å². The van der Waals surface area contributed by atoms with Gasteiger partial charge in [0.25, 0.3) is 0 Å². The molecule has 5 aromatic carbocycles. The van der Waals surface area contributed by atoms with E-state index in [4.69, 9.17) is 21.4 Å². The summed E-state index contributed by atoms with van der Waals surface area (Å²) in [7, 11) is 0. The number of aliphatic imine (C=N–C) groups is 1. The molecule has 2 aliphatic heterocycles. The molecule has 10 heteroatoms. The number of benzene rings is 5. The Labute approximate surface area is 315 Å². The van der Waals surface area contributed by atoms with Crippen molar-refractivity contribution in [3.63, 3.8) is 0 Å². The molecular weight excluding hydrogens is 696 g/mol.